The number of ether oxygens (including phenoxy) is 1. The van der Waals surface area contributed by atoms with Gasteiger partial charge in [0.25, 0.3) is 10.1 Å². The van der Waals surface area contributed by atoms with Gasteiger partial charge in [0.2, 0.25) is 0 Å². The normalized spacial score (nSPS) is 25.3. The molecule has 2 unspecified atom stereocenters. The molecule has 1 saturated heterocycles. The molecule has 0 spiro atoms. The van der Waals surface area contributed by atoms with Crippen molar-refractivity contribution in [1.29, 1.82) is 0 Å². The molecule has 1 heterocycles. The van der Waals surface area contributed by atoms with Crippen LogP contribution in [0.5, 0.6) is 0 Å². The van der Waals surface area contributed by atoms with E-state index in [1.54, 1.807) is 0 Å². The minimum atomic E-state index is -3.86. The van der Waals surface area contributed by atoms with Gasteiger partial charge in [0, 0.05) is 0 Å². The third kappa shape index (κ3) is 3.08. The lowest BCUT2D eigenvalue weighted by Gasteiger charge is -2.10. The van der Waals surface area contributed by atoms with Gasteiger partial charge < -0.3 is 4.74 Å². The van der Waals surface area contributed by atoms with E-state index in [9.17, 15) is 8.42 Å². The van der Waals surface area contributed by atoms with Gasteiger partial charge in [0.1, 0.15) is 0 Å². The molecular weight excluding hydrogens is 180 g/mol. The van der Waals surface area contributed by atoms with Gasteiger partial charge in [0.15, 0.2) is 0 Å². The Morgan fingerprint density at radius 1 is 1.67 bits per heavy atom. The second-order valence-corrected chi connectivity index (χ2v) is 4.81. The molecule has 0 aromatic carbocycles. The molecular formula is C7H14O4S. The molecule has 0 amide bonds. The van der Waals surface area contributed by atoms with Gasteiger partial charge in [0.05, 0.1) is 18.0 Å². The molecule has 72 valence electrons. The van der Waals surface area contributed by atoms with Crippen molar-refractivity contribution in [2.24, 2.45) is 0 Å². The Morgan fingerprint density at radius 2 is 2.25 bits per heavy atom. The monoisotopic (exact) mass is 194 g/mol. The largest absolute Gasteiger partial charge is 0.373 e. The summed E-state index contributed by atoms with van der Waals surface area (Å²) in [7, 11) is -3.86. The highest BCUT2D eigenvalue weighted by molar-refractivity contribution is 7.86. The summed E-state index contributed by atoms with van der Waals surface area (Å²) in [4.78, 5) is 0. The molecule has 0 aromatic heterocycles. The molecule has 1 aliphatic heterocycles. The van der Waals surface area contributed by atoms with Crippen LogP contribution in [0, 0.1) is 0 Å². The molecule has 1 N–H and O–H groups in total. The van der Waals surface area contributed by atoms with E-state index >= 15 is 0 Å². The molecule has 0 aliphatic carbocycles. The van der Waals surface area contributed by atoms with Crippen LogP contribution in [0.4, 0.5) is 0 Å². The smallest absolute Gasteiger partial charge is 0.267 e. The molecule has 0 radical (unpaired) electrons. The fourth-order valence-corrected chi connectivity index (χ4v) is 2.20. The molecule has 0 bridgehead atoms. The van der Waals surface area contributed by atoms with Gasteiger partial charge in [-0.1, -0.05) is 13.3 Å². The standard InChI is InChI=1S/C7H14O4S/c1-2-3-7(12(8,9)10)4-6-5-11-6/h6-7H,2-5H2,1H3,(H,8,9,10). The first kappa shape index (κ1) is 9.95. The summed E-state index contributed by atoms with van der Waals surface area (Å²) in [5.41, 5.74) is 0. The summed E-state index contributed by atoms with van der Waals surface area (Å²) in [5.74, 6) is 0. The topological polar surface area (TPSA) is 66.9 Å². The molecule has 0 saturated carbocycles. The first-order valence-electron chi connectivity index (χ1n) is 4.12. The Labute approximate surface area is 72.7 Å². The predicted molar refractivity (Wildman–Crippen MR) is 44.6 cm³/mol. The van der Waals surface area contributed by atoms with Crippen molar-refractivity contribution in [3.8, 4) is 0 Å². The molecule has 0 aromatic rings. The van der Waals surface area contributed by atoms with Gasteiger partial charge in [-0.3, -0.25) is 4.55 Å². The Balaban J connectivity index is 2.47. The molecule has 4 nitrogen and oxygen atoms in total. The van der Waals surface area contributed by atoms with Crippen molar-refractivity contribution in [1.82, 2.24) is 0 Å². The number of rotatable bonds is 5. The molecule has 1 aliphatic rings. The van der Waals surface area contributed by atoms with E-state index in [0.29, 0.717) is 19.4 Å². The van der Waals surface area contributed by atoms with Crippen molar-refractivity contribution < 1.29 is 17.7 Å². The maximum Gasteiger partial charge on any atom is 0.267 e. The minimum absolute atomic E-state index is 0.0588. The predicted octanol–water partition coefficient (Wildman–Crippen LogP) is 0.832. The van der Waals surface area contributed by atoms with Crippen molar-refractivity contribution in [3.63, 3.8) is 0 Å². The summed E-state index contributed by atoms with van der Waals surface area (Å²) in [6, 6.07) is 0. The number of hydrogen-bond acceptors (Lipinski definition) is 3. The molecule has 12 heavy (non-hydrogen) atoms. The van der Waals surface area contributed by atoms with Crippen LogP contribution in [0.3, 0.4) is 0 Å². The average Bonchev–Trinajstić information content (AvgIpc) is 2.68. The maximum absolute atomic E-state index is 10.8. The van der Waals surface area contributed by atoms with Crippen LogP contribution in [0.2, 0.25) is 0 Å². The van der Waals surface area contributed by atoms with E-state index in [1.807, 2.05) is 6.92 Å². The van der Waals surface area contributed by atoms with Gasteiger partial charge in [-0.2, -0.15) is 8.42 Å². The highest BCUT2D eigenvalue weighted by atomic mass is 32.2. The van der Waals surface area contributed by atoms with Crippen LogP contribution in [-0.4, -0.2) is 30.9 Å². The minimum Gasteiger partial charge on any atom is -0.373 e. The maximum atomic E-state index is 10.8. The molecule has 2 atom stereocenters. The second-order valence-electron chi connectivity index (χ2n) is 3.12. The van der Waals surface area contributed by atoms with Gasteiger partial charge >= 0.3 is 0 Å². The summed E-state index contributed by atoms with van der Waals surface area (Å²) < 4.78 is 35.3. The lowest BCUT2D eigenvalue weighted by Crippen LogP contribution is -2.22. The van der Waals surface area contributed by atoms with E-state index in [2.05, 4.69) is 0 Å². The molecule has 5 heteroatoms. The van der Waals surface area contributed by atoms with E-state index < -0.39 is 15.4 Å². The number of epoxide rings is 1. The Bertz CT molecular complexity index is 230. The van der Waals surface area contributed by atoms with E-state index in [0.717, 1.165) is 6.42 Å². The average molecular weight is 194 g/mol. The number of hydrogen-bond donors (Lipinski definition) is 1. The SMILES string of the molecule is CCCC(CC1CO1)S(=O)(=O)O. The van der Waals surface area contributed by atoms with Crippen molar-refractivity contribution in [2.45, 2.75) is 37.5 Å². The summed E-state index contributed by atoms with van der Waals surface area (Å²) in [6.45, 7) is 2.53. The zero-order valence-corrected chi connectivity index (χ0v) is 7.88. The van der Waals surface area contributed by atoms with Crippen molar-refractivity contribution in [3.05, 3.63) is 0 Å². The zero-order valence-electron chi connectivity index (χ0n) is 7.06. The lowest BCUT2D eigenvalue weighted by molar-refractivity contribution is 0.379. The van der Waals surface area contributed by atoms with Crippen LogP contribution < -0.4 is 0 Å². The van der Waals surface area contributed by atoms with Crippen LogP contribution >= 0.6 is 0 Å². The zero-order chi connectivity index (χ0) is 9.19. The van der Waals surface area contributed by atoms with Crippen LogP contribution in [0.1, 0.15) is 26.2 Å². The molecule has 1 fully saturated rings. The quantitative estimate of drug-likeness (QED) is 0.520. The van der Waals surface area contributed by atoms with Crippen LogP contribution in [0.25, 0.3) is 0 Å². The summed E-state index contributed by atoms with van der Waals surface area (Å²) >= 11 is 0. The highest BCUT2D eigenvalue weighted by Crippen LogP contribution is 2.22. The van der Waals surface area contributed by atoms with E-state index in [1.165, 1.54) is 0 Å². The van der Waals surface area contributed by atoms with E-state index in [4.69, 9.17) is 9.29 Å². The second kappa shape index (κ2) is 3.72. The Kier molecular flexibility index (Phi) is 3.09. The fourth-order valence-electron chi connectivity index (χ4n) is 1.21. The third-order valence-corrected chi connectivity index (χ3v) is 3.23. The molecule has 1 rings (SSSR count). The third-order valence-electron chi connectivity index (χ3n) is 1.96. The summed E-state index contributed by atoms with van der Waals surface area (Å²) in [6.07, 6.45) is 1.77. The van der Waals surface area contributed by atoms with Gasteiger partial charge in [-0.25, -0.2) is 0 Å². The van der Waals surface area contributed by atoms with E-state index in [-0.39, 0.29) is 6.10 Å². The fraction of sp³-hybridized carbons (Fsp3) is 1.00. The highest BCUT2D eigenvalue weighted by Gasteiger charge is 2.32. The van der Waals surface area contributed by atoms with Crippen molar-refractivity contribution in [2.75, 3.05) is 6.61 Å². The Hall–Kier alpha value is -0.130. The lowest BCUT2D eigenvalue weighted by atomic mass is 10.1. The van der Waals surface area contributed by atoms with Crippen LogP contribution in [-0.2, 0) is 14.9 Å². The van der Waals surface area contributed by atoms with Gasteiger partial charge in [-0.15, -0.1) is 0 Å². The van der Waals surface area contributed by atoms with Crippen LogP contribution in [0.15, 0.2) is 0 Å². The van der Waals surface area contributed by atoms with Crippen molar-refractivity contribution >= 4 is 10.1 Å². The Morgan fingerprint density at radius 3 is 2.58 bits per heavy atom. The first-order valence-corrected chi connectivity index (χ1v) is 5.62. The van der Waals surface area contributed by atoms with Gasteiger partial charge in [-0.05, 0) is 12.8 Å². The first-order chi connectivity index (χ1) is 5.54. The summed E-state index contributed by atoms with van der Waals surface area (Å²) in [5, 5.41) is -0.630.